The SMILES string of the molecule is COc1ccc2[nH]c3c(c2c1)CCN(C(=O)CCc1ccc(OC)c(OC)c1)C3. The molecule has 152 valence electrons. The van der Waals surface area contributed by atoms with Gasteiger partial charge in [0.15, 0.2) is 11.5 Å². The zero-order valence-electron chi connectivity index (χ0n) is 17.1. The minimum absolute atomic E-state index is 0.168. The van der Waals surface area contributed by atoms with Crippen molar-refractivity contribution in [2.45, 2.75) is 25.8 Å². The van der Waals surface area contributed by atoms with Crippen LogP contribution in [-0.2, 0) is 24.2 Å². The number of fused-ring (bicyclic) bond motifs is 3. The molecule has 0 saturated heterocycles. The van der Waals surface area contributed by atoms with Crippen LogP contribution in [0.1, 0.15) is 23.2 Å². The number of nitrogens with zero attached hydrogens (tertiary/aromatic N) is 1. The first-order valence-electron chi connectivity index (χ1n) is 9.79. The van der Waals surface area contributed by atoms with Gasteiger partial charge in [-0.15, -0.1) is 0 Å². The second-order valence-corrected chi connectivity index (χ2v) is 7.25. The zero-order chi connectivity index (χ0) is 20.4. The Morgan fingerprint density at radius 1 is 1.03 bits per heavy atom. The highest BCUT2D eigenvalue weighted by Crippen LogP contribution is 2.31. The maximum absolute atomic E-state index is 12.8. The number of rotatable bonds is 6. The van der Waals surface area contributed by atoms with Crippen molar-refractivity contribution in [2.75, 3.05) is 27.9 Å². The van der Waals surface area contributed by atoms with Gasteiger partial charge in [-0.3, -0.25) is 4.79 Å². The number of methoxy groups -OCH3 is 3. The molecule has 29 heavy (non-hydrogen) atoms. The molecule has 2 heterocycles. The number of aromatic nitrogens is 1. The number of ether oxygens (including phenoxy) is 3. The lowest BCUT2D eigenvalue weighted by Gasteiger charge is -2.27. The van der Waals surface area contributed by atoms with Gasteiger partial charge in [0, 0.05) is 29.6 Å². The number of benzene rings is 2. The van der Waals surface area contributed by atoms with Crippen LogP contribution in [-0.4, -0.2) is 43.7 Å². The van der Waals surface area contributed by atoms with Gasteiger partial charge in [0.05, 0.1) is 27.9 Å². The van der Waals surface area contributed by atoms with Crippen LogP contribution in [0.25, 0.3) is 10.9 Å². The molecule has 1 aromatic heterocycles. The standard InChI is InChI=1S/C23H26N2O4/c1-27-16-6-7-19-18(13-16)17-10-11-25(14-20(17)24-19)23(26)9-5-15-4-8-21(28-2)22(12-15)29-3/h4,6-8,12-13,24H,5,9-11,14H2,1-3H3. The summed E-state index contributed by atoms with van der Waals surface area (Å²) >= 11 is 0. The summed E-state index contributed by atoms with van der Waals surface area (Å²) in [6, 6.07) is 11.9. The lowest BCUT2D eigenvalue weighted by atomic mass is 10.0. The number of aryl methyl sites for hydroxylation is 1. The van der Waals surface area contributed by atoms with Crippen molar-refractivity contribution in [2.24, 2.45) is 0 Å². The van der Waals surface area contributed by atoms with Crippen LogP contribution >= 0.6 is 0 Å². The van der Waals surface area contributed by atoms with E-state index in [9.17, 15) is 4.79 Å². The van der Waals surface area contributed by atoms with Crippen molar-refractivity contribution in [3.05, 3.63) is 53.2 Å². The Morgan fingerprint density at radius 3 is 2.62 bits per heavy atom. The highest BCUT2D eigenvalue weighted by Gasteiger charge is 2.24. The molecular formula is C23H26N2O4. The third-order valence-corrected chi connectivity index (χ3v) is 5.61. The molecule has 3 aromatic rings. The number of carbonyl (C=O) groups excluding carboxylic acids is 1. The van der Waals surface area contributed by atoms with Crippen LogP contribution in [0.3, 0.4) is 0 Å². The van der Waals surface area contributed by atoms with E-state index in [2.05, 4.69) is 11.1 Å². The highest BCUT2D eigenvalue weighted by molar-refractivity contribution is 5.87. The molecule has 6 nitrogen and oxygen atoms in total. The van der Waals surface area contributed by atoms with Crippen LogP contribution in [0.2, 0.25) is 0 Å². The molecular weight excluding hydrogens is 368 g/mol. The van der Waals surface area contributed by atoms with Gasteiger partial charge in [-0.05, 0) is 54.3 Å². The van der Waals surface area contributed by atoms with Crippen LogP contribution < -0.4 is 14.2 Å². The average molecular weight is 394 g/mol. The van der Waals surface area contributed by atoms with E-state index in [0.29, 0.717) is 30.9 Å². The Balaban J connectivity index is 1.43. The van der Waals surface area contributed by atoms with E-state index in [-0.39, 0.29) is 5.91 Å². The number of amides is 1. The molecule has 1 aliphatic rings. The van der Waals surface area contributed by atoms with E-state index < -0.39 is 0 Å². The van der Waals surface area contributed by atoms with E-state index >= 15 is 0 Å². The van der Waals surface area contributed by atoms with Crippen molar-refractivity contribution in [3.63, 3.8) is 0 Å². The lowest BCUT2D eigenvalue weighted by Crippen LogP contribution is -2.36. The van der Waals surface area contributed by atoms with Gasteiger partial charge in [0.2, 0.25) is 5.91 Å². The summed E-state index contributed by atoms with van der Waals surface area (Å²) in [5, 5.41) is 1.19. The predicted octanol–water partition coefficient (Wildman–Crippen LogP) is 3.71. The second kappa shape index (κ2) is 8.07. The monoisotopic (exact) mass is 394 g/mol. The largest absolute Gasteiger partial charge is 0.497 e. The Morgan fingerprint density at radius 2 is 1.86 bits per heavy atom. The summed E-state index contributed by atoms with van der Waals surface area (Å²) in [5.74, 6) is 2.41. The van der Waals surface area contributed by atoms with Gasteiger partial charge in [0.25, 0.3) is 0 Å². The first-order valence-corrected chi connectivity index (χ1v) is 9.79. The molecule has 1 N–H and O–H groups in total. The lowest BCUT2D eigenvalue weighted by molar-refractivity contribution is -0.132. The van der Waals surface area contributed by atoms with Gasteiger partial charge >= 0.3 is 0 Å². The number of aromatic amines is 1. The van der Waals surface area contributed by atoms with E-state index in [1.54, 1.807) is 21.3 Å². The van der Waals surface area contributed by atoms with Gasteiger partial charge in [-0.2, -0.15) is 0 Å². The maximum atomic E-state index is 12.8. The quantitative estimate of drug-likeness (QED) is 0.692. The van der Waals surface area contributed by atoms with Crippen molar-refractivity contribution < 1.29 is 19.0 Å². The van der Waals surface area contributed by atoms with E-state index in [4.69, 9.17) is 14.2 Å². The summed E-state index contributed by atoms with van der Waals surface area (Å²) in [4.78, 5) is 18.2. The minimum atomic E-state index is 0.168. The Bertz CT molecular complexity index is 1040. The van der Waals surface area contributed by atoms with E-state index in [0.717, 1.165) is 35.5 Å². The Hall–Kier alpha value is -3.15. The Kier molecular flexibility index (Phi) is 5.34. The maximum Gasteiger partial charge on any atom is 0.223 e. The zero-order valence-corrected chi connectivity index (χ0v) is 17.1. The molecule has 2 aromatic carbocycles. The highest BCUT2D eigenvalue weighted by atomic mass is 16.5. The van der Waals surface area contributed by atoms with Crippen molar-refractivity contribution in [1.82, 2.24) is 9.88 Å². The van der Waals surface area contributed by atoms with Gasteiger partial charge in [-0.25, -0.2) is 0 Å². The molecule has 0 radical (unpaired) electrons. The smallest absolute Gasteiger partial charge is 0.223 e. The first-order chi connectivity index (χ1) is 14.1. The number of H-pyrrole nitrogens is 1. The van der Waals surface area contributed by atoms with Crippen LogP contribution in [0.5, 0.6) is 17.2 Å². The van der Waals surface area contributed by atoms with E-state index in [1.807, 2.05) is 35.2 Å². The average Bonchev–Trinajstić information content (AvgIpc) is 3.13. The van der Waals surface area contributed by atoms with Crippen molar-refractivity contribution in [3.8, 4) is 17.2 Å². The molecule has 4 rings (SSSR count). The second-order valence-electron chi connectivity index (χ2n) is 7.25. The molecule has 0 spiro atoms. The third-order valence-electron chi connectivity index (χ3n) is 5.61. The number of hydrogen-bond acceptors (Lipinski definition) is 4. The molecule has 6 heteroatoms. The van der Waals surface area contributed by atoms with Gasteiger partial charge in [-0.1, -0.05) is 6.07 Å². The van der Waals surface area contributed by atoms with Gasteiger partial charge < -0.3 is 24.1 Å². The number of hydrogen-bond donors (Lipinski definition) is 1. The molecule has 1 aliphatic heterocycles. The van der Waals surface area contributed by atoms with Crippen LogP contribution in [0, 0.1) is 0 Å². The number of nitrogens with one attached hydrogen (secondary N) is 1. The van der Waals surface area contributed by atoms with E-state index in [1.165, 1.54) is 10.9 Å². The third kappa shape index (κ3) is 3.75. The first kappa shape index (κ1) is 19.2. The number of carbonyl (C=O) groups is 1. The molecule has 0 saturated carbocycles. The molecule has 0 bridgehead atoms. The van der Waals surface area contributed by atoms with Crippen LogP contribution in [0.4, 0.5) is 0 Å². The summed E-state index contributed by atoms with van der Waals surface area (Å²) in [5.41, 5.74) is 4.57. The fourth-order valence-corrected chi connectivity index (χ4v) is 4.01. The van der Waals surface area contributed by atoms with Crippen molar-refractivity contribution >= 4 is 16.8 Å². The molecule has 0 unspecified atom stereocenters. The van der Waals surface area contributed by atoms with Crippen LogP contribution in [0.15, 0.2) is 36.4 Å². The summed E-state index contributed by atoms with van der Waals surface area (Å²) < 4.78 is 16.0. The normalized spacial score (nSPS) is 13.3. The Labute approximate surface area is 170 Å². The summed E-state index contributed by atoms with van der Waals surface area (Å²) in [6.07, 6.45) is 2.00. The minimum Gasteiger partial charge on any atom is -0.497 e. The fourth-order valence-electron chi connectivity index (χ4n) is 4.01. The van der Waals surface area contributed by atoms with Gasteiger partial charge in [0.1, 0.15) is 5.75 Å². The molecule has 0 fully saturated rings. The summed E-state index contributed by atoms with van der Waals surface area (Å²) in [6.45, 7) is 1.36. The predicted molar refractivity (Wildman–Crippen MR) is 112 cm³/mol. The summed E-state index contributed by atoms with van der Waals surface area (Å²) in [7, 11) is 4.92. The molecule has 0 atom stereocenters. The topological polar surface area (TPSA) is 63.8 Å². The van der Waals surface area contributed by atoms with Crippen molar-refractivity contribution in [1.29, 1.82) is 0 Å². The fraction of sp³-hybridized carbons (Fsp3) is 0.348. The molecule has 1 amide bonds. The molecule has 0 aliphatic carbocycles.